The standard InChI is InChI=1S/C26H26FNO.C4H10O.C2H4O.CH4O/c1-15-9-11-19(12-10-15)23-17(3)24-25-21(7-6-8-22(25)27)18(4)28(5)26(24)16(2)20(23)13-14-29;1-4(2,3)5;1-2-3;1-2/h6-12,14,18H,13H2,1-5H3;5H,1-3H3;2H,1H3;2H,1H3/t18-;;;/m1.../s1. The van der Waals surface area contributed by atoms with Crippen molar-refractivity contribution in [3.8, 4) is 22.3 Å². The van der Waals surface area contributed by atoms with Gasteiger partial charge in [-0.25, -0.2) is 4.39 Å². The van der Waals surface area contributed by atoms with E-state index in [0.717, 1.165) is 64.3 Å². The molecule has 1 aliphatic heterocycles. The van der Waals surface area contributed by atoms with E-state index in [1.54, 1.807) is 32.9 Å². The number of hydrogen-bond donors (Lipinski definition) is 2. The number of nitrogens with zero attached hydrogens (tertiary/aromatic N) is 1. The van der Waals surface area contributed by atoms with Crippen molar-refractivity contribution in [2.24, 2.45) is 0 Å². The molecule has 1 atom stereocenters. The number of aliphatic hydroxyl groups excluding tert-OH is 1. The molecule has 4 rings (SSSR count). The molecule has 0 fully saturated rings. The molecular formula is C33H44FNO4. The Balaban J connectivity index is 0.000000663. The van der Waals surface area contributed by atoms with Crippen LogP contribution in [-0.2, 0) is 16.0 Å². The summed E-state index contributed by atoms with van der Waals surface area (Å²) < 4.78 is 15.1. The number of aliphatic hydroxyl groups is 2. The van der Waals surface area contributed by atoms with E-state index < -0.39 is 5.60 Å². The summed E-state index contributed by atoms with van der Waals surface area (Å²) in [5.74, 6) is -0.191. The van der Waals surface area contributed by atoms with Gasteiger partial charge >= 0.3 is 0 Å². The van der Waals surface area contributed by atoms with Crippen LogP contribution in [-0.4, -0.2) is 42.5 Å². The highest BCUT2D eigenvalue weighted by atomic mass is 19.1. The van der Waals surface area contributed by atoms with Crippen LogP contribution < -0.4 is 4.90 Å². The Kier molecular flexibility index (Phi) is 12.7. The second-order valence-corrected chi connectivity index (χ2v) is 10.5. The van der Waals surface area contributed by atoms with Gasteiger partial charge in [-0.3, -0.25) is 0 Å². The van der Waals surface area contributed by atoms with E-state index in [0.29, 0.717) is 12.0 Å². The van der Waals surface area contributed by atoms with Gasteiger partial charge in [0.05, 0.1) is 11.6 Å². The van der Waals surface area contributed by atoms with Crippen molar-refractivity contribution in [2.45, 2.75) is 73.5 Å². The van der Waals surface area contributed by atoms with Crippen molar-refractivity contribution in [1.29, 1.82) is 0 Å². The average Bonchev–Trinajstić information content (AvgIpc) is 2.86. The minimum absolute atomic E-state index is 0.0561. The maximum absolute atomic E-state index is 15.1. The number of aryl methyl sites for hydroxylation is 1. The summed E-state index contributed by atoms with van der Waals surface area (Å²) in [6.07, 6.45) is 2.06. The summed E-state index contributed by atoms with van der Waals surface area (Å²) in [6, 6.07) is 13.7. The van der Waals surface area contributed by atoms with Gasteiger partial charge in [-0.2, -0.15) is 0 Å². The van der Waals surface area contributed by atoms with Crippen molar-refractivity contribution in [2.75, 3.05) is 19.1 Å². The first-order valence-corrected chi connectivity index (χ1v) is 13.0. The Morgan fingerprint density at radius 3 is 1.92 bits per heavy atom. The van der Waals surface area contributed by atoms with E-state index in [4.69, 9.17) is 15.0 Å². The molecule has 3 aromatic rings. The van der Waals surface area contributed by atoms with Crippen molar-refractivity contribution in [1.82, 2.24) is 0 Å². The molecule has 2 N–H and O–H groups in total. The lowest BCUT2D eigenvalue weighted by atomic mass is 9.79. The molecule has 0 amide bonds. The van der Waals surface area contributed by atoms with Crippen LogP contribution in [0.2, 0.25) is 0 Å². The highest BCUT2D eigenvalue weighted by Crippen LogP contribution is 2.51. The van der Waals surface area contributed by atoms with Crippen molar-refractivity contribution in [3.05, 3.63) is 76.1 Å². The molecule has 0 saturated heterocycles. The van der Waals surface area contributed by atoms with E-state index in [9.17, 15) is 4.79 Å². The molecule has 39 heavy (non-hydrogen) atoms. The Hall–Kier alpha value is -3.35. The molecule has 1 aliphatic rings. The summed E-state index contributed by atoms with van der Waals surface area (Å²) >= 11 is 0. The maximum Gasteiger partial charge on any atom is 0.131 e. The summed E-state index contributed by atoms with van der Waals surface area (Å²) in [6.45, 7) is 14.9. The third kappa shape index (κ3) is 8.07. The Morgan fingerprint density at radius 2 is 1.44 bits per heavy atom. The molecule has 0 saturated carbocycles. The minimum Gasteiger partial charge on any atom is -0.400 e. The number of benzene rings is 3. The number of anilines is 1. The van der Waals surface area contributed by atoms with Gasteiger partial charge in [0, 0.05) is 37.4 Å². The van der Waals surface area contributed by atoms with Crippen LogP contribution in [0.1, 0.15) is 68.5 Å². The fourth-order valence-electron chi connectivity index (χ4n) is 4.80. The predicted molar refractivity (Wildman–Crippen MR) is 160 cm³/mol. The number of aldehydes is 2. The van der Waals surface area contributed by atoms with Gasteiger partial charge in [-0.05, 0) is 94.8 Å². The first kappa shape index (κ1) is 33.7. The number of rotatable bonds is 3. The number of carbonyl (C=O) groups is 2. The molecule has 0 radical (unpaired) electrons. The number of fused-ring (bicyclic) bond motifs is 3. The molecule has 3 aromatic carbocycles. The highest BCUT2D eigenvalue weighted by Gasteiger charge is 2.33. The van der Waals surface area contributed by atoms with E-state index in [1.165, 1.54) is 12.5 Å². The third-order valence-electron chi connectivity index (χ3n) is 6.40. The first-order valence-electron chi connectivity index (χ1n) is 13.0. The van der Waals surface area contributed by atoms with Gasteiger partial charge in [0.1, 0.15) is 18.4 Å². The molecule has 1 heterocycles. The predicted octanol–water partition coefficient (Wildman–Crippen LogP) is 6.93. The first-order chi connectivity index (χ1) is 18.3. The van der Waals surface area contributed by atoms with Crippen molar-refractivity contribution in [3.63, 3.8) is 0 Å². The molecule has 0 aromatic heterocycles. The Labute approximate surface area is 233 Å². The highest BCUT2D eigenvalue weighted by molar-refractivity contribution is 5.95. The van der Waals surface area contributed by atoms with Crippen LogP contribution >= 0.6 is 0 Å². The van der Waals surface area contributed by atoms with Gasteiger partial charge < -0.3 is 24.7 Å². The summed E-state index contributed by atoms with van der Waals surface area (Å²) in [4.78, 5) is 22.6. The number of hydrogen-bond acceptors (Lipinski definition) is 5. The summed E-state index contributed by atoms with van der Waals surface area (Å²) in [5.41, 5.74) is 9.57. The minimum atomic E-state index is -0.500. The Morgan fingerprint density at radius 1 is 0.923 bits per heavy atom. The molecule has 0 spiro atoms. The average molecular weight is 538 g/mol. The molecule has 0 bridgehead atoms. The molecule has 212 valence electrons. The molecule has 5 nitrogen and oxygen atoms in total. The van der Waals surface area contributed by atoms with Gasteiger partial charge in [0.25, 0.3) is 0 Å². The fourth-order valence-corrected chi connectivity index (χ4v) is 4.80. The second-order valence-electron chi connectivity index (χ2n) is 10.5. The molecular weight excluding hydrogens is 493 g/mol. The van der Waals surface area contributed by atoms with Crippen LogP contribution in [0.15, 0.2) is 42.5 Å². The van der Waals surface area contributed by atoms with Crippen LogP contribution in [0, 0.1) is 26.6 Å². The van der Waals surface area contributed by atoms with Crippen LogP contribution in [0.25, 0.3) is 22.3 Å². The molecule has 0 unspecified atom stereocenters. The van der Waals surface area contributed by atoms with Crippen molar-refractivity contribution < 1.29 is 24.2 Å². The van der Waals surface area contributed by atoms with E-state index in [2.05, 4.69) is 63.9 Å². The lowest BCUT2D eigenvalue weighted by Crippen LogP contribution is -2.28. The largest absolute Gasteiger partial charge is 0.400 e. The summed E-state index contributed by atoms with van der Waals surface area (Å²) in [5, 5.41) is 15.5. The smallest absolute Gasteiger partial charge is 0.131 e. The van der Waals surface area contributed by atoms with E-state index in [1.807, 2.05) is 6.07 Å². The number of carbonyl (C=O) groups excluding carboxylic acids is 2. The second kappa shape index (κ2) is 14.7. The lowest BCUT2D eigenvalue weighted by Gasteiger charge is -2.39. The van der Waals surface area contributed by atoms with Gasteiger partial charge in [0.2, 0.25) is 0 Å². The van der Waals surface area contributed by atoms with Gasteiger partial charge in [-0.15, -0.1) is 0 Å². The topological polar surface area (TPSA) is 77.8 Å². The van der Waals surface area contributed by atoms with Crippen LogP contribution in [0.4, 0.5) is 10.1 Å². The summed E-state index contributed by atoms with van der Waals surface area (Å²) in [7, 11) is 3.06. The van der Waals surface area contributed by atoms with Crippen molar-refractivity contribution >= 4 is 18.3 Å². The van der Waals surface area contributed by atoms with E-state index in [-0.39, 0.29) is 11.9 Å². The molecule has 0 aliphatic carbocycles. The number of halogens is 1. The quantitative estimate of drug-likeness (QED) is 0.354. The molecule has 6 heteroatoms. The lowest BCUT2D eigenvalue weighted by molar-refractivity contribution is -0.107. The van der Waals surface area contributed by atoms with Crippen LogP contribution in [0.5, 0.6) is 0 Å². The zero-order chi connectivity index (χ0) is 30.1. The van der Waals surface area contributed by atoms with Gasteiger partial charge in [-0.1, -0.05) is 42.0 Å². The fraction of sp³-hybridized carbons (Fsp3) is 0.394. The normalized spacial score (nSPS) is 13.3. The zero-order valence-corrected chi connectivity index (χ0v) is 25.0. The zero-order valence-electron chi connectivity index (χ0n) is 25.0. The third-order valence-corrected chi connectivity index (χ3v) is 6.40. The van der Waals surface area contributed by atoms with Crippen LogP contribution in [0.3, 0.4) is 0 Å². The monoisotopic (exact) mass is 537 g/mol. The van der Waals surface area contributed by atoms with Gasteiger partial charge in [0.15, 0.2) is 0 Å². The SMILES string of the molecule is CC(C)(C)O.CC=O.CO.Cc1ccc(-c2c(C)c3c(c(C)c2CC=O)N(C)[C@H](C)c2cccc(F)c2-3)cc1. The maximum atomic E-state index is 15.1. The Bertz CT molecular complexity index is 1250. The van der Waals surface area contributed by atoms with E-state index >= 15 is 4.39 Å².